The van der Waals surface area contributed by atoms with E-state index in [1.165, 1.54) is 135 Å². The predicted octanol–water partition coefficient (Wildman–Crippen LogP) is 11.4. The van der Waals surface area contributed by atoms with E-state index in [1.807, 2.05) is 0 Å². The van der Waals surface area contributed by atoms with Gasteiger partial charge in [0.1, 0.15) is 11.6 Å². The van der Waals surface area contributed by atoms with Crippen LogP contribution in [0.1, 0.15) is 201 Å². The summed E-state index contributed by atoms with van der Waals surface area (Å²) in [7, 11) is 0. The molecule has 1 aliphatic rings. The molecule has 1 atom stereocenters. The molecule has 1 saturated heterocycles. The fourth-order valence-corrected chi connectivity index (χ4v) is 6.87. The van der Waals surface area contributed by atoms with Crippen molar-refractivity contribution in [2.75, 3.05) is 26.3 Å². The Balaban J connectivity index is 2.06. The number of unbranched alkanes of at least 4 members (excludes halogenated alkanes) is 16. The van der Waals surface area contributed by atoms with Crippen molar-refractivity contribution in [1.29, 1.82) is 0 Å². The molecule has 4 nitrogen and oxygen atoms in total. The van der Waals surface area contributed by atoms with E-state index in [0.717, 1.165) is 77.0 Å². The second kappa shape index (κ2) is 29.9. The Morgan fingerprint density at radius 1 is 0.651 bits per heavy atom. The maximum atomic E-state index is 12.7. The van der Waals surface area contributed by atoms with E-state index in [9.17, 15) is 9.59 Å². The average Bonchev–Trinajstić information content (AvgIpc) is 3.44. The first-order chi connectivity index (χ1) is 21.1. The van der Waals surface area contributed by atoms with Crippen LogP contribution in [0.5, 0.6) is 0 Å². The maximum absolute atomic E-state index is 12.7. The third-order valence-electron chi connectivity index (χ3n) is 9.79. The molecule has 4 heteroatoms. The van der Waals surface area contributed by atoms with E-state index < -0.39 is 0 Å². The molecule has 1 heterocycles. The Labute approximate surface area is 269 Å². The lowest BCUT2D eigenvalue weighted by molar-refractivity contribution is -0.119. The van der Waals surface area contributed by atoms with Gasteiger partial charge in [0.15, 0.2) is 0 Å². The fourth-order valence-electron chi connectivity index (χ4n) is 6.87. The van der Waals surface area contributed by atoms with Crippen LogP contribution in [0.2, 0.25) is 0 Å². The molecule has 1 fully saturated rings. The third-order valence-corrected chi connectivity index (χ3v) is 9.79. The maximum Gasteiger partial charge on any atom is 0.132 e. The van der Waals surface area contributed by atoms with Gasteiger partial charge in [0.2, 0.25) is 0 Å². The average molecular weight is 606 g/mol. The summed E-state index contributed by atoms with van der Waals surface area (Å²) in [6.45, 7) is 10.4. The SMILES string of the molecule is CCCCCCCCC(CCCCCCCC)CCC(=O)CCCCCCCOC[C@@H]1CCCN1CCCCCC(C)=O. The molecule has 0 unspecified atom stereocenters. The minimum absolute atomic E-state index is 0.317. The first-order valence-corrected chi connectivity index (χ1v) is 19.4. The van der Waals surface area contributed by atoms with Crippen molar-refractivity contribution in [2.24, 2.45) is 5.92 Å². The first kappa shape index (κ1) is 40.3. The summed E-state index contributed by atoms with van der Waals surface area (Å²) in [5.74, 6) is 1.60. The van der Waals surface area contributed by atoms with Gasteiger partial charge in [-0.2, -0.15) is 0 Å². The number of likely N-dealkylation sites (tertiary alicyclic amines) is 1. The van der Waals surface area contributed by atoms with Crippen LogP contribution in [0.3, 0.4) is 0 Å². The Morgan fingerprint density at radius 2 is 1.21 bits per heavy atom. The second-order valence-electron chi connectivity index (χ2n) is 14.0. The molecule has 1 aliphatic heterocycles. The monoisotopic (exact) mass is 606 g/mol. The van der Waals surface area contributed by atoms with Gasteiger partial charge >= 0.3 is 0 Å². The summed E-state index contributed by atoms with van der Waals surface area (Å²) in [5, 5.41) is 0. The summed E-state index contributed by atoms with van der Waals surface area (Å²) in [6, 6.07) is 0.593. The van der Waals surface area contributed by atoms with Crippen molar-refractivity contribution in [3.63, 3.8) is 0 Å². The molecule has 0 aromatic carbocycles. The lowest BCUT2D eigenvalue weighted by Crippen LogP contribution is -2.34. The van der Waals surface area contributed by atoms with Gasteiger partial charge in [-0.15, -0.1) is 0 Å². The lowest BCUT2D eigenvalue weighted by Gasteiger charge is -2.24. The van der Waals surface area contributed by atoms with E-state index in [1.54, 1.807) is 6.92 Å². The Morgan fingerprint density at radius 3 is 1.86 bits per heavy atom. The summed E-state index contributed by atoms with van der Waals surface area (Å²) in [6.07, 6.45) is 34.5. The number of ether oxygens (including phenoxy) is 1. The number of Topliss-reactive ketones (excluding diaryl/α,β-unsaturated/α-hetero) is 2. The van der Waals surface area contributed by atoms with E-state index in [-0.39, 0.29) is 0 Å². The van der Waals surface area contributed by atoms with E-state index in [2.05, 4.69) is 18.7 Å². The van der Waals surface area contributed by atoms with Crippen molar-refractivity contribution in [3.05, 3.63) is 0 Å². The molecule has 0 saturated carbocycles. The first-order valence-electron chi connectivity index (χ1n) is 19.4. The molecular formula is C39H75NO3. The summed E-state index contributed by atoms with van der Waals surface area (Å²) in [5.41, 5.74) is 0. The van der Waals surface area contributed by atoms with E-state index in [0.29, 0.717) is 17.6 Å². The Kier molecular flexibility index (Phi) is 28.1. The van der Waals surface area contributed by atoms with E-state index >= 15 is 0 Å². The van der Waals surface area contributed by atoms with Crippen LogP contribution in [0.15, 0.2) is 0 Å². The van der Waals surface area contributed by atoms with Crippen LogP contribution in [-0.4, -0.2) is 48.8 Å². The van der Waals surface area contributed by atoms with Crippen molar-refractivity contribution in [3.8, 4) is 0 Å². The largest absolute Gasteiger partial charge is 0.380 e. The standard InChI is InChI=1S/C39H75NO3/c1-4-6-8-10-13-19-26-37(27-20-14-11-9-7-5-2)30-31-39(42)29-21-15-12-16-23-34-43-35-38-28-24-33-40(38)32-22-17-18-25-36(3)41/h37-38H,4-35H2,1-3H3/t38-/m0/s1. The second-order valence-corrected chi connectivity index (χ2v) is 14.0. The summed E-state index contributed by atoms with van der Waals surface area (Å²) >= 11 is 0. The van der Waals surface area contributed by atoms with Crippen molar-refractivity contribution in [2.45, 2.75) is 207 Å². The van der Waals surface area contributed by atoms with Crippen molar-refractivity contribution >= 4 is 11.6 Å². The minimum atomic E-state index is 0.317. The topological polar surface area (TPSA) is 46.6 Å². The molecule has 43 heavy (non-hydrogen) atoms. The number of hydrogen-bond acceptors (Lipinski definition) is 4. The molecule has 0 aliphatic carbocycles. The molecule has 0 N–H and O–H groups in total. The highest BCUT2D eigenvalue weighted by atomic mass is 16.5. The molecule has 0 aromatic rings. The molecular weight excluding hydrogens is 530 g/mol. The normalized spacial score (nSPS) is 15.6. The molecule has 0 radical (unpaired) electrons. The molecule has 0 amide bonds. The van der Waals surface area contributed by atoms with Crippen LogP contribution >= 0.6 is 0 Å². The Bertz CT molecular complexity index is 620. The lowest BCUT2D eigenvalue weighted by atomic mass is 9.89. The zero-order valence-corrected chi connectivity index (χ0v) is 29.5. The highest BCUT2D eigenvalue weighted by Crippen LogP contribution is 2.24. The zero-order valence-electron chi connectivity index (χ0n) is 29.5. The zero-order chi connectivity index (χ0) is 31.2. The molecule has 0 spiro atoms. The highest BCUT2D eigenvalue weighted by Gasteiger charge is 2.23. The van der Waals surface area contributed by atoms with Crippen molar-refractivity contribution in [1.82, 2.24) is 4.90 Å². The molecule has 1 rings (SSSR count). The van der Waals surface area contributed by atoms with Gasteiger partial charge in [-0.05, 0) is 70.9 Å². The number of carbonyl (C=O) groups excluding carboxylic acids is 2. The fraction of sp³-hybridized carbons (Fsp3) is 0.949. The van der Waals surface area contributed by atoms with Crippen LogP contribution in [-0.2, 0) is 14.3 Å². The number of hydrogen-bond donors (Lipinski definition) is 0. The molecule has 254 valence electrons. The van der Waals surface area contributed by atoms with Gasteiger partial charge in [-0.1, -0.05) is 129 Å². The Hall–Kier alpha value is -0.740. The molecule has 0 aromatic heterocycles. The summed E-state index contributed by atoms with van der Waals surface area (Å²) in [4.78, 5) is 26.4. The number of rotatable bonds is 33. The third kappa shape index (κ3) is 25.2. The summed E-state index contributed by atoms with van der Waals surface area (Å²) < 4.78 is 6.07. The smallest absolute Gasteiger partial charge is 0.132 e. The highest BCUT2D eigenvalue weighted by molar-refractivity contribution is 5.78. The van der Waals surface area contributed by atoms with Gasteiger partial charge in [-0.25, -0.2) is 0 Å². The minimum Gasteiger partial charge on any atom is -0.380 e. The van der Waals surface area contributed by atoms with Crippen LogP contribution in [0.4, 0.5) is 0 Å². The van der Waals surface area contributed by atoms with Gasteiger partial charge in [0.05, 0.1) is 6.61 Å². The van der Waals surface area contributed by atoms with Crippen molar-refractivity contribution < 1.29 is 14.3 Å². The predicted molar refractivity (Wildman–Crippen MR) is 186 cm³/mol. The van der Waals surface area contributed by atoms with Gasteiger partial charge < -0.3 is 9.53 Å². The van der Waals surface area contributed by atoms with Gasteiger partial charge in [-0.3, -0.25) is 9.69 Å². The quantitative estimate of drug-likeness (QED) is 0.0698. The van der Waals surface area contributed by atoms with Crippen LogP contribution in [0.25, 0.3) is 0 Å². The van der Waals surface area contributed by atoms with Gasteiger partial charge in [0, 0.05) is 31.9 Å². The van der Waals surface area contributed by atoms with Crippen LogP contribution < -0.4 is 0 Å². The number of nitrogens with zero attached hydrogens (tertiary/aromatic N) is 1. The molecule has 0 bridgehead atoms. The number of carbonyl (C=O) groups is 2. The van der Waals surface area contributed by atoms with Crippen LogP contribution in [0, 0.1) is 5.92 Å². The van der Waals surface area contributed by atoms with Gasteiger partial charge in [0.25, 0.3) is 0 Å². The number of ketones is 2. The van der Waals surface area contributed by atoms with E-state index in [4.69, 9.17) is 4.74 Å².